The summed E-state index contributed by atoms with van der Waals surface area (Å²) in [4.78, 5) is 12.8. The largest absolute Gasteiger partial charge is 0.497 e. The summed E-state index contributed by atoms with van der Waals surface area (Å²) in [6, 6.07) is 20.7. The van der Waals surface area contributed by atoms with E-state index >= 15 is 0 Å². The molecule has 4 aromatic rings. The number of carbonyl (C=O) groups excluding carboxylic acids is 1. The van der Waals surface area contributed by atoms with Crippen molar-refractivity contribution in [3.05, 3.63) is 95.1 Å². The molecule has 0 amide bonds. The third kappa shape index (κ3) is 7.64. The second kappa shape index (κ2) is 15.9. The molecular weight excluding hydrogens is 568 g/mol. The molecule has 0 bridgehead atoms. The van der Waals surface area contributed by atoms with Crippen molar-refractivity contribution in [2.75, 3.05) is 56.9 Å². The smallest absolute Gasteiger partial charge is 0.200 e. The summed E-state index contributed by atoms with van der Waals surface area (Å²) in [5.74, 6) is 4.35. The van der Waals surface area contributed by atoms with Crippen molar-refractivity contribution in [2.24, 2.45) is 0 Å². The highest BCUT2D eigenvalue weighted by Crippen LogP contribution is 2.38. The van der Waals surface area contributed by atoms with Crippen LogP contribution in [0.1, 0.15) is 33.2 Å². The van der Waals surface area contributed by atoms with Crippen LogP contribution in [-0.2, 0) is 0 Å². The lowest BCUT2D eigenvalue weighted by atomic mass is 9.99. The maximum absolute atomic E-state index is 12.8. The van der Waals surface area contributed by atoms with Crippen LogP contribution in [0.3, 0.4) is 0 Å². The lowest BCUT2D eigenvalue weighted by Crippen LogP contribution is -2.06. The average Bonchev–Trinajstić information content (AvgIpc) is 3.09. The molecule has 0 aliphatic heterocycles. The first-order valence-corrected chi connectivity index (χ1v) is 13.4. The first-order chi connectivity index (χ1) is 21.3. The fourth-order valence-corrected chi connectivity index (χ4v) is 4.37. The quantitative estimate of drug-likeness (QED) is 0.200. The number of ether oxygens (including phenoxy) is 8. The Morgan fingerprint density at radius 3 is 1.05 bits per heavy atom. The van der Waals surface area contributed by atoms with Crippen molar-refractivity contribution in [1.82, 2.24) is 0 Å². The summed E-state index contributed by atoms with van der Waals surface area (Å²) in [5.41, 5.74) is 2.14. The van der Waals surface area contributed by atoms with Gasteiger partial charge in [-0.25, -0.2) is 0 Å². The van der Waals surface area contributed by atoms with Crippen molar-refractivity contribution in [2.45, 2.75) is 6.10 Å². The molecule has 4 aromatic carbocycles. The number of carbonyl (C=O) groups is 1. The number of aliphatic hydroxyl groups excluding tert-OH is 1. The van der Waals surface area contributed by atoms with Crippen LogP contribution in [-0.4, -0.2) is 67.8 Å². The Morgan fingerprint density at radius 2 is 0.750 bits per heavy atom. The molecule has 0 aromatic heterocycles. The monoisotopic (exact) mass is 606 g/mol. The minimum atomic E-state index is -0.887. The molecule has 10 heteroatoms. The van der Waals surface area contributed by atoms with Crippen LogP contribution in [0.4, 0.5) is 0 Å². The third-order valence-electron chi connectivity index (χ3n) is 6.78. The van der Waals surface area contributed by atoms with E-state index in [1.165, 1.54) is 14.2 Å². The molecule has 0 radical (unpaired) electrons. The standard InChI is InChI=1S/C17H20O5.C17H18O5/c2*1-19-11-5-7-13(15(9-11)21-3)17(18)14-8-6-12(20-2)10-16(14)22-4/h5-10,17-18H,1-4H3;5-10H,1-4H3. The van der Waals surface area contributed by atoms with Crippen LogP contribution in [0.2, 0.25) is 0 Å². The fourth-order valence-electron chi connectivity index (χ4n) is 4.37. The van der Waals surface area contributed by atoms with Gasteiger partial charge in [-0.05, 0) is 48.5 Å². The van der Waals surface area contributed by atoms with Gasteiger partial charge >= 0.3 is 0 Å². The van der Waals surface area contributed by atoms with Gasteiger partial charge < -0.3 is 43.0 Å². The Bertz CT molecular complexity index is 1440. The van der Waals surface area contributed by atoms with Crippen LogP contribution in [0.5, 0.6) is 46.0 Å². The predicted molar refractivity (Wildman–Crippen MR) is 166 cm³/mol. The SMILES string of the molecule is COc1ccc(C(=O)c2ccc(OC)cc2OC)c(OC)c1.COc1ccc(C(O)c2ccc(OC)cc2OC)c(OC)c1. The van der Waals surface area contributed by atoms with Crippen molar-refractivity contribution in [1.29, 1.82) is 0 Å². The van der Waals surface area contributed by atoms with Crippen LogP contribution < -0.4 is 37.9 Å². The number of rotatable bonds is 12. The Balaban J connectivity index is 0.000000240. The van der Waals surface area contributed by atoms with Gasteiger partial charge in [0.15, 0.2) is 5.78 Å². The Hall–Kier alpha value is -5.09. The topological polar surface area (TPSA) is 111 Å². The molecule has 4 rings (SSSR count). The minimum Gasteiger partial charge on any atom is -0.497 e. The van der Waals surface area contributed by atoms with Crippen LogP contribution in [0.15, 0.2) is 72.8 Å². The number of aliphatic hydroxyl groups is 1. The average molecular weight is 607 g/mol. The number of methoxy groups -OCH3 is 8. The summed E-state index contributed by atoms with van der Waals surface area (Å²) in [6.45, 7) is 0. The highest BCUT2D eigenvalue weighted by atomic mass is 16.5. The molecule has 0 spiro atoms. The summed E-state index contributed by atoms with van der Waals surface area (Å²) >= 11 is 0. The van der Waals surface area contributed by atoms with Gasteiger partial charge in [-0.15, -0.1) is 0 Å². The zero-order chi connectivity index (χ0) is 32.2. The molecule has 44 heavy (non-hydrogen) atoms. The minimum absolute atomic E-state index is 0.195. The van der Waals surface area contributed by atoms with Gasteiger partial charge in [-0.3, -0.25) is 4.79 Å². The highest BCUT2D eigenvalue weighted by molar-refractivity contribution is 6.12. The van der Waals surface area contributed by atoms with E-state index in [0.717, 1.165) is 0 Å². The zero-order valence-electron chi connectivity index (χ0n) is 26.1. The van der Waals surface area contributed by atoms with Gasteiger partial charge in [0.2, 0.25) is 0 Å². The maximum atomic E-state index is 12.8. The van der Waals surface area contributed by atoms with Crippen LogP contribution in [0, 0.1) is 0 Å². The first-order valence-electron chi connectivity index (χ1n) is 13.4. The molecule has 0 heterocycles. The number of benzene rings is 4. The Labute approximate surface area is 257 Å². The normalized spacial score (nSPS) is 10.2. The van der Waals surface area contributed by atoms with Gasteiger partial charge in [0.05, 0.1) is 68.0 Å². The fraction of sp³-hybridized carbons (Fsp3) is 0.265. The van der Waals surface area contributed by atoms with E-state index < -0.39 is 6.10 Å². The van der Waals surface area contributed by atoms with Gasteiger partial charge in [0, 0.05) is 35.4 Å². The molecular formula is C34H38O10. The molecule has 10 nitrogen and oxygen atoms in total. The summed E-state index contributed by atoms with van der Waals surface area (Å²) in [6.07, 6.45) is -0.887. The van der Waals surface area contributed by atoms with Gasteiger partial charge in [-0.1, -0.05) is 0 Å². The Morgan fingerprint density at radius 1 is 0.455 bits per heavy atom. The molecule has 0 saturated heterocycles. The molecule has 1 N–H and O–H groups in total. The van der Waals surface area contributed by atoms with E-state index in [-0.39, 0.29) is 5.78 Å². The van der Waals surface area contributed by atoms with Crippen molar-refractivity contribution in [3.8, 4) is 46.0 Å². The van der Waals surface area contributed by atoms with Crippen LogP contribution >= 0.6 is 0 Å². The molecule has 0 aliphatic carbocycles. The highest BCUT2D eigenvalue weighted by Gasteiger charge is 2.21. The van der Waals surface area contributed by atoms with E-state index in [2.05, 4.69) is 0 Å². The van der Waals surface area contributed by atoms with Gasteiger partial charge in [-0.2, -0.15) is 0 Å². The number of hydrogen-bond acceptors (Lipinski definition) is 10. The molecule has 0 atom stereocenters. The van der Waals surface area contributed by atoms with E-state index in [1.807, 2.05) is 0 Å². The summed E-state index contributed by atoms with van der Waals surface area (Å²) < 4.78 is 41.9. The predicted octanol–water partition coefficient (Wildman–Crippen LogP) is 5.75. The van der Waals surface area contributed by atoms with E-state index in [4.69, 9.17) is 37.9 Å². The molecule has 0 saturated carbocycles. The lowest BCUT2D eigenvalue weighted by molar-refractivity contribution is 0.103. The summed E-state index contributed by atoms with van der Waals surface area (Å²) in [5, 5.41) is 10.7. The van der Waals surface area contributed by atoms with E-state index in [1.54, 1.807) is 115 Å². The van der Waals surface area contributed by atoms with E-state index in [9.17, 15) is 9.90 Å². The molecule has 0 fully saturated rings. The zero-order valence-corrected chi connectivity index (χ0v) is 26.1. The van der Waals surface area contributed by atoms with E-state index in [0.29, 0.717) is 68.2 Å². The Kier molecular flexibility index (Phi) is 12.1. The molecule has 0 unspecified atom stereocenters. The molecule has 0 aliphatic rings. The second-order valence-corrected chi connectivity index (χ2v) is 9.08. The number of hydrogen-bond donors (Lipinski definition) is 1. The van der Waals surface area contributed by atoms with Crippen LogP contribution in [0.25, 0.3) is 0 Å². The van der Waals surface area contributed by atoms with Crippen molar-refractivity contribution in [3.63, 3.8) is 0 Å². The van der Waals surface area contributed by atoms with Crippen molar-refractivity contribution >= 4 is 5.78 Å². The van der Waals surface area contributed by atoms with Crippen molar-refractivity contribution < 1.29 is 47.8 Å². The van der Waals surface area contributed by atoms with Gasteiger partial charge in [0.1, 0.15) is 52.1 Å². The second-order valence-electron chi connectivity index (χ2n) is 9.08. The molecule has 234 valence electrons. The lowest BCUT2D eigenvalue weighted by Gasteiger charge is -2.18. The third-order valence-corrected chi connectivity index (χ3v) is 6.78. The summed E-state index contributed by atoms with van der Waals surface area (Å²) in [7, 11) is 12.4. The first kappa shape index (κ1) is 33.4. The van der Waals surface area contributed by atoms with Gasteiger partial charge in [0.25, 0.3) is 0 Å². The number of ketones is 1. The maximum Gasteiger partial charge on any atom is 0.200 e.